The van der Waals surface area contributed by atoms with Gasteiger partial charge in [-0.2, -0.15) is 0 Å². The van der Waals surface area contributed by atoms with Crippen molar-refractivity contribution in [3.63, 3.8) is 0 Å². The van der Waals surface area contributed by atoms with Gasteiger partial charge in [0.2, 0.25) is 0 Å². The number of hydrogen-bond acceptors (Lipinski definition) is 3. The number of benzene rings is 1. The number of pyridine rings is 1. The van der Waals surface area contributed by atoms with Gasteiger partial charge in [0.1, 0.15) is 11.5 Å². The minimum Gasteiger partial charge on any atom is -0.481 e. The molecule has 4 rings (SSSR count). The van der Waals surface area contributed by atoms with Crippen molar-refractivity contribution >= 4 is 23.2 Å². The highest BCUT2D eigenvalue weighted by molar-refractivity contribution is 5.91. The monoisotopic (exact) mass is 365 g/mol. The normalized spacial score (nSPS) is 12.9. The molecule has 0 atom stereocenters. The van der Waals surface area contributed by atoms with Crippen LogP contribution in [0.5, 0.6) is 0 Å². The van der Waals surface area contributed by atoms with Crippen LogP contribution in [0.15, 0.2) is 35.3 Å². The standard InChI is InChI=1S/C21H20FN3O2/c1-12(2)20-16(7-8-19(26)27)17-9-13-10-23-11-18(13)24-21(17)25(20)15-5-3-14(22)4-6-15/h3-6,9,11-12H,7-8,10H2,1-2H3,(H,26,27). The molecule has 1 N–H and O–H groups in total. The summed E-state index contributed by atoms with van der Waals surface area (Å²) in [7, 11) is 0. The summed E-state index contributed by atoms with van der Waals surface area (Å²) in [5, 5.41) is 10.2. The first-order valence-electron chi connectivity index (χ1n) is 9.00. The van der Waals surface area contributed by atoms with Crippen LogP contribution in [0, 0.1) is 5.82 Å². The van der Waals surface area contributed by atoms with E-state index in [1.54, 1.807) is 18.3 Å². The fourth-order valence-electron chi connectivity index (χ4n) is 3.76. The Morgan fingerprint density at radius 1 is 1.30 bits per heavy atom. The fraction of sp³-hybridized carbons (Fsp3) is 0.286. The number of aliphatic imine (C=N–C) groups is 1. The zero-order valence-electron chi connectivity index (χ0n) is 15.2. The first kappa shape index (κ1) is 17.4. The lowest BCUT2D eigenvalue weighted by Gasteiger charge is -2.15. The molecule has 0 radical (unpaired) electrons. The molecule has 3 heterocycles. The van der Waals surface area contributed by atoms with Crippen LogP contribution < -0.4 is 0 Å². The zero-order chi connectivity index (χ0) is 19.1. The average Bonchev–Trinajstić information content (AvgIpc) is 3.20. The molecule has 1 aliphatic rings. The van der Waals surface area contributed by atoms with Crippen LogP contribution in [0.25, 0.3) is 16.7 Å². The Morgan fingerprint density at radius 2 is 2.04 bits per heavy atom. The average molecular weight is 365 g/mol. The van der Waals surface area contributed by atoms with Crippen LogP contribution in [0.3, 0.4) is 0 Å². The largest absolute Gasteiger partial charge is 0.481 e. The molecule has 6 heteroatoms. The number of aromatic nitrogens is 2. The summed E-state index contributed by atoms with van der Waals surface area (Å²) in [6, 6.07) is 8.39. The quantitative estimate of drug-likeness (QED) is 0.735. The Balaban J connectivity index is 2.03. The van der Waals surface area contributed by atoms with Crippen LogP contribution in [-0.2, 0) is 17.8 Å². The molecule has 2 aromatic heterocycles. The smallest absolute Gasteiger partial charge is 0.303 e. The van der Waals surface area contributed by atoms with Gasteiger partial charge in [-0.3, -0.25) is 14.4 Å². The van der Waals surface area contributed by atoms with Crippen molar-refractivity contribution < 1.29 is 14.3 Å². The van der Waals surface area contributed by atoms with Crippen molar-refractivity contribution in [1.29, 1.82) is 0 Å². The molecule has 138 valence electrons. The van der Waals surface area contributed by atoms with Gasteiger partial charge in [0, 0.05) is 35.0 Å². The lowest BCUT2D eigenvalue weighted by atomic mass is 9.99. The molecule has 0 saturated heterocycles. The topological polar surface area (TPSA) is 67.5 Å². The van der Waals surface area contributed by atoms with Crippen LogP contribution >= 0.6 is 0 Å². The number of halogens is 1. The third kappa shape index (κ3) is 3.01. The lowest BCUT2D eigenvalue weighted by Crippen LogP contribution is -2.06. The van der Waals surface area contributed by atoms with Gasteiger partial charge < -0.3 is 5.11 Å². The van der Waals surface area contributed by atoms with E-state index in [1.165, 1.54) is 12.1 Å². The Bertz CT molecular complexity index is 1070. The van der Waals surface area contributed by atoms with E-state index in [2.05, 4.69) is 24.9 Å². The van der Waals surface area contributed by atoms with Gasteiger partial charge in [-0.1, -0.05) is 13.8 Å². The second kappa shape index (κ2) is 6.61. The molecular formula is C21H20FN3O2. The molecule has 0 bridgehead atoms. The van der Waals surface area contributed by atoms with E-state index < -0.39 is 5.97 Å². The van der Waals surface area contributed by atoms with Crippen LogP contribution in [0.4, 0.5) is 4.39 Å². The number of aryl methyl sites for hydroxylation is 1. The predicted molar refractivity (Wildman–Crippen MR) is 102 cm³/mol. The number of rotatable bonds is 5. The summed E-state index contributed by atoms with van der Waals surface area (Å²) in [5.74, 6) is -0.977. The first-order valence-corrected chi connectivity index (χ1v) is 9.00. The third-order valence-corrected chi connectivity index (χ3v) is 4.90. The SMILES string of the molecule is CC(C)c1c(CCC(=O)O)c2cc3c(nc2n1-c1ccc(F)cc1)C=NC3. The van der Waals surface area contributed by atoms with Gasteiger partial charge in [0.05, 0.1) is 12.2 Å². The van der Waals surface area contributed by atoms with E-state index in [9.17, 15) is 14.3 Å². The second-order valence-electron chi connectivity index (χ2n) is 7.10. The van der Waals surface area contributed by atoms with E-state index in [4.69, 9.17) is 4.98 Å². The molecule has 0 saturated carbocycles. The minimum atomic E-state index is -0.829. The van der Waals surface area contributed by atoms with Crippen molar-refractivity contribution in [2.45, 2.75) is 39.2 Å². The van der Waals surface area contributed by atoms with Crippen LogP contribution in [-0.4, -0.2) is 26.8 Å². The maximum atomic E-state index is 13.5. The fourth-order valence-corrected chi connectivity index (χ4v) is 3.76. The summed E-state index contributed by atoms with van der Waals surface area (Å²) < 4.78 is 15.5. The Morgan fingerprint density at radius 3 is 2.70 bits per heavy atom. The summed E-state index contributed by atoms with van der Waals surface area (Å²) in [6.45, 7) is 4.75. The van der Waals surface area contributed by atoms with Crippen LogP contribution in [0.2, 0.25) is 0 Å². The predicted octanol–water partition coefficient (Wildman–Crippen LogP) is 4.24. The van der Waals surface area contributed by atoms with Gasteiger partial charge in [0.15, 0.2) is 0 Å². The Hall–Kier alpha value is -3.02. The van der Waals surface area contributed by atoms with Gasteiger partial charge in [-0.15, -0.1) is 0 Å². The number of nitrogens with zero attached hydrogens (tertiary/aromatic N) is 3. The van der Waals surface area contributed by atoms with E-state index in [-0.39, 0.29) is 18.2 Å². The van der Waals surface area contributed by atoms with Crippen molar-refractivity contribution in [3.05, 3.63) is 58.7 Å². The van der Waals surface area contributed by atoms with Crippen molar-refractivity contribution in [3.8, 4) is 5.69 Å². The second-order valence-corrected chi connectivity index (χ2v) is 7.10. The number of aliphatic carboxylic acids is 1. The Labute approximate surface area is 156 Å². The molecule has 0 spiro atoms. The first-order chi connectivity index (χ1) is 13.0. The highest BCUT2D eigenvalue weighted by Crippen LogP contribution is 2.35. The minimum absolute atomic E-state index is 0.0514. The van der Waals surface area contributed by atoms with Gasteiger partial charge in [-0.05, 0) is 48.2 Å². The maximum absolute atomic E-state index is 13.5. The molecule has 1 aromatic carbocycles. The summed E-state index contributed by atoms with van der Waals surface area (Å²) >= 11 is 0. The molecule has 0 aliphatic carbocycles. The summed E-state index contributed by atoms with van der Waals surface area (Å²) in [4.78, 5) is 20.3. The molecule has 0 unspecified atom stereocenters. The Kier molecular flexibility index (Phi) is 4.26. The lowest BCUT2D eigenvalue weighted by molar-refractivity contribution is -0.136. The van der Waals surface area contributed by atoms with Crippen molar-refractivity contribution in [2.75, 3.05) is 0 Å². The zero-order valence-corrected chi connectivity index (χ0v) is 15.2. The molecular weight excluding hydrogens is 345 g/mol. The number of carbonyl (C=O) groups is 1. The van der Waals surface area contributed by atoms with E-state index in [0.29, 0.717) is 13.0 Å². The number of hydrogen-bond donors (Lipinski definition) is 1. The summed E-state index contributed by atoms with van der Waals surface area (Å²) in [5.41, 5.74) is 5.47. The van der Waals surface area contributed by atoms with Gasteiger partial charge in [0.25, 0.3) is 0 Å². The van der Waals surface area contributed by atoms with Crippen molar-refractivity contribution in [1.82, 2.24) is 9.55 Å². The van der Waals surface area contributed by atoms with E-state index in [0.717, 1.165) is 39.2 Å². The highest BCUT2D eigenvalue weighted by atomic mass is 19.1. The summed E-state index contributed by atoms with van der Waals surface area (Å²) in [6.07, 6.45) is 2.24. The maximum Gasteiger partial charge on any atom is 0.303 e. The van der Waals surface area contributed by atoms with E-state index in [1.807, 2.05) is 4.57 Å². The van der Waals surface area contributed by atoms with Gasteiger partial charge >= 0.3 is 5.97 Å². The molecule has 27 heavy (non-hydrogen) atoms. The molecule has 0 amide bonds. The van der Waals surface area contributed by atoms with Gasteiger partial charge in [-0.25, -0.2) is 9.37 Å². The van der Waals surface area contributed by atoms with Crippen molar-refractivity contribution in [2.24, 2.45) is 4.99 Å². The van der Waals surface area contributed by atoms with Crippen LogP contribution in [0.1, 0.15) is 48.7 Å². The number of carboxylic acids is 1. The molecule has 3 aromatic rings. The number of carboxylic acid groups (broad SMARTS) is 1. The molecule has 1 aliphatic heterocycles. The molecule has 0 fully saturated rings. The third-order valence-electron chi connectivity index (χ3n) is 4.90. The number of fused-ring (bicyclic) bond motifs is 2. The highest BCUT2D eigenvalue weighted by Gasteiger charge is 2.24. The molecule has 5 nitrogen and oxygen atoms in total. The van der Waals surface area contributed by atoms with E-state index >= 15 is 0 Å².